The average Bonchev–Trinajstić information content (AvgIpc) is 2.22. The number of rotatable bonds is 2. The summed E-state index contributed by atoms with van der Waals surface area (Å²) in [6.07, 6.45) is 9.70. The zero-order valence-electron chi connectivity index (χ0n) is 7.51. The molecule has 0 fully saturated rings. The molecule has 2 N–H and O–H groups in total. The summed E-state index contributed by atoms with van der Waals surface area (Å²) in [4.78, 5) is 7.83. The molecule has 0 amide bonds. The van der Waals surface area contributed by atoms with E-state index in [2.05, 4.69) is 29.2 Å². The van der Waals surface area contributed by atoms with Crippen molar-refractivity contribution in [1.29, 1.82) is 0 Å². The first-order valence-corrected chi connectivity index (χ1v) is 4.53. The molecule has 0 aromatic carbocycles. The Hall–Kier alpha value is -1.29. The molecule has 70 valence electrons. The molecular formula is C9H13N3S. The fraction of sp³-hybridized carbons (Fsp3) is 0.111. The second-order valence-electron chi connectivity index (χ2n) is 1.93. The van der Waals surface area contributed by atoms with Gasteiger partial charge in [-0.2, -0.15) is 12.6 Å². The molecule has 0 bridgehead atoms. The van der Waals surface area contributed by atoms with E-state index >= 15 is 0 Å². The second kappa shape index (κ2) is 7.36. The minimum absolute atomic E-state index is 0.789. The second-order valence-corrected chi connectivity index (χ2v) is 1.93. The molecule has 1 rings (SSSR count). The topological polar surface area (TPSA) is 51.8 Å². The van der Waals surface area contributed by atoms with E-state index in [0.717, 1.165) is 11.3 Å². The van der Waals surface area contributed by atoms with E-state index in [0.29, 0.717) is 0 Å². The van der Waals surface area contributed by atoms with E-state index in [1.165, 1.54) is 12.5 Å². The van der Waals surface area contributed by atoms with Crippen molar-refractivity contribution in [1.82, 2.24) is 9.97 Å². The van der Waals surface area contributed by atoms with Gasteiger partial charge in [-0.05, 0) is 18.5 Å². The Morgan fingerprint density at radius 1 is 1.54 bits per heavy atom. The molecule has 0 radical (unpaired) electrons. The molecule has 13 heavy (non-hydrogen) atoms. The van der Waals surface area contributed by atoms with Crippen LogP contribution < -0.4 is 5.73 Å². The highest BCUT2D eigenvalue weighted by Crippen LogP contribution is 2.05. The van der Waals surface area contributed by atoms with Crippen LogP contribution in [0.3, 0.4) is 0 Å². The van der Waals surface area contributed by atoms with Crippen LogP contribution in [0.4, 0.5) is 0 Å². The van der Waals surface area contributed by atoms with Crippen molar-refractivity contribution >= 4 is 24.8 Å². The van der Waals surface area contributed by atoms with E-state index in [-0.39, 0.29) is 0 Å². The highest BCUT2D eigenvalue weighted by Gasteiger charge is 1.93. The van der Waals surface area contributed by atoms with Gasteiger partial charge in [0.25, 0.3) is 0 Å². The van der Waals surface area contributed by atoms with Gasteiger partial charge in [0.15, 0.2) is 0 Å². The molecule has 1 aromatic heterocycles. The molecule has 4 heteroatoms. The number of hydrogen-bond donors (Lipinski definition) is 2. The van der Waals surface area contributed by atoms with E-state index in [1.807, 2.05) is 0 Å². The third-order valence-corrected chi connectivity index (χ3v) is 1.25. The van der Waals surface area contributed by atoms with Gasteiger partial charge in [0, 0.05) is 11.8 Å². The van der Waals surface area contributed by atoms with Crippen molar-refractivity contribution in [3.05, 3.63) is 36.6 Å². The normalized spacial score (nSPS) is 9.08. The van der Waals surface area contributed by atoms with Crippen LogP contribution in [0.1, 0.15) is 11.3 Å². The smallest absolute Gasteiger partial charge is 0.116 e. The van der Waals surface area contributed by atoms with E-state index < -0.39 is 0 Å². The molecule has 0 unspecified atom stereocenters. The maximum absolute atomic E-state index is 5.21. The summed E-state index contributed by atoms with van der Waals surface area (Å²) in [5.41, 5.74) is 6.88. The molecule has 1 heterocycles. The first-order valence-electron chi connectivity index (χ1n) is 3.64. The molecule has 0 saturated heterocycles. The van der Waals surface area contributed by atoms with Gasteiger partial charge < -0.3 is 5.73 Å². The number of aromatic nitrogens is 2. The molecular weight excluding hydrogens is 182 g/mol. The fourth-order valence-electron chi connectivity index (χ4n) is 0.738. The highest BCUT2D eigenvalue weighted by atomic mass is 32.1. The SMILES string of the molecule is C=Cc1cncnc1/C=C/N.CS. The van der Waals surface area contributed by atoms with Crippen molar-refractivity contribution < 1.29 is 0 Å². The molecule has 0 atom stereocenters. The fourth-order valence-corrected chi connectivity index (χ4v) is 0.738. The van der Waals surface area contributed by atoms with Gasteiger partial charge in [-0.15, -0.1) is 0 Å². The van der Waals surface area contributed by atoms with Crippen molar-refractivity contribution in [2.24, 2.45) is 5.73 Å². The summed E-state index contributed by atoms with van der Waals surface area (Å²) >= 11 is 3.53. The van der Waals surface area contributed by atoms with Crippen LogP contribution >= 0.6 is 12.6 Å². The Labute approximate surface area is 83.8 Å². The number of hydrogen-bond acceptors (Lipinski definition) is 4. The summed E-state index contributed by atoms with van der Waals surface area (Å²) in [7, 11) is 0. The first kappa shape index (κ1) is 11.7. The minimum Gasteiger partial charge on any atom is -0.405 e. The minimum atomic E-state index is 0.789. The summed E-state index contributed by atoms with van der Waals surface area (Å²) in [6.45, 7) is 3.62. The summed E-state index contributed by atoms with van der Waals surface area (Å²) in [6, 6.07) is 0. The predicted octanol–water partition coefficient (Wildman–Crippen LogP) is 1.59. The summed E-state index contributed by atoms with van der Waals surface area (Å²) in [5, 5.41) is 0. The molecule has 0 aliphatic rings. The summed E-state index contributed by atoms with van der Waals surface area (Å²) in [5.74, 6) is 0. The van der Waals surface area contributed by atoms with Crippen molar-refractivity contribution in [2.45, 2.75) is 0 Å². The maximum atomic E-state index is 5.21. The average molecular weight is 195 g/mol. The van der Waals surface area contributed by atoms with E-state index in [4.69, 9.17) is 5.73 Å². The Balaban J connectivity index is 0.000000671. The zero-order valence-corrected chi connectivity index (χ0v) is 8.41. The molecule has 0 aliphatic carbocycles. The van der Waals surface area contributed by atoms with E-state index in [1.54, 1.807) is 24.6 Å². The van der Waals surface area contributed by atoms with E-state index in [9.17, 15) is 0 Å². The van der Waals surface area contributed by atoms with Crippen LogP contribution in [0, 0.1) is 0 Å². The van der Waals surface area contributed by atoms with Gasteiger partial charge in [-0.25, -0.2) is 9.97 Å². The standard InChI is InChI=1S/C8H9N3.CH4S/c1-2-7-5-10-6-11-8(7)3-4-9;1-2/h2-6H,1,9H2;2H,1H3/b4-3+;. The molecule has 1 aromatic rings. The van der Waals surface area contributed by atoms with Gasteiger partial charge in [0.05, 0.1) is 5.69 Å². The summed E-state index contributed by atoms with van der Waals surface area (Å²) < 4.78 is 0. The zero-order chi connectivity index (χ0) is 10.1. The van der Waals surface area contributed by atoms with Crippen molar-refractivity contribution in [3.8, 4) is 0 Å². The Bertz CT molecular complexity index is 284. The third kappa shape index (κ3) is 3.75. The molecule has 0 spiro atoms. The maximum Gasteiger partial charge on any atom is 0.116 e. The molecule has 0 saturated carbocycles. The predicted molar refractivity (Wildman–Crippen MR) is 60.3 cm³/mol. The van der Waals surface area contributed by atoms with Crippen LogP contribution in [-0.4, -0.2) is 16.2 Å². The number of thiol groups is 1. The lowest BCUT2D eigenvalue weighted by Crippen LogP contribution is -1.88. The largest absolute Gasteiger partial charge is 0.405 e. The van der Waals surface area contributed by atoms with Gasteiger partial charge in [0.2, 0.25) is 0 Å². The van der Waals surface area contributed by atoms with Crippen LogP contribution in [0.2, 0.25) is 0 Å². The monoisotopic (exact) mass is 195 g/mol. The van der Waals surface area contributed by atoms with Crippen molar-refractivity contribution in [2.75, 3.05) is 6.26 Å². The van der Waals surface area contributed by atoms with Gasteiger partial charge >= 0.3 is 0 Å². The van der Waals surface area contributed by atoms with Crippen molar-refractivity contribution in [3.63, 3.8) is 0 Å². The van der Waals surface area contributed by atoms with Gasteiger partial charge in [0.1, 0.15) is 6.33 Å². The van der Waals surface area contributed by atoms with Crippen LogP contribution in [0.25, 0.3) is 12.2 Å². The first-order chi connectivity index (χ1) is 6.38. The van der Waals surface area contributed by atoms with Gasteiger partial charge in [-0.3, -0.25) is 0 Å². The Morgan fingerprint density at radius 2 is 2.23 bits per heavy atom. The third-order valence-electron chi connectivity index (χ3n) is 1.25. The quantitative estimate of drug-likeness (QED) is 0.705. The Kier molecular flexibility index (Phi) is 6.63. The lowest BCUT2D eigenvalue weighted by Gasteiger charge is -1.95. The lowest BCUT2D eigenvalue weighted by molar-refractivity contribution is 1.14. The van der Waals surface area contributed by atoms with Crippen LogP contribution in [0.15, 0.2) is 25.3 Å². The highest BCUT2D eigenvalue weighted by molar-refractivity contribution is 7.79. The molecule has 3 nitrogen and oxygen atoms in total. The number of nitrogens with zero attached hydrogens (tertiary/aromatic N) is 2. The van der Waals surface area contributed by atoms with Crippen LogP contribution in [0.5, 0.6) is 0 Å². The molecule has 0 aliphatic heterocycles. The lowest BCUT2D eigenvalue weighted by atomic mass is 10.2. The number of nitrogens with two attached hydrogens (primary N) is 1. The Morgan fingerprint density at radius 3 is 2.77 bits per heavy atom. The van der Waals surface area contributed by atoms with Gasteiger partial charge in [-0.1, -0.05) is 12.7 Å². The van der Waals surface area contributed by atoms with Crippen LogP contribution in [-0.2, 0) is 0 Å².